The standard InChI is InChI=1S/C22H23N3O7/c1-13-5-4-6-14(2)21(13)23-19(26)12-32-22(28)15-9-20(27)24(11-15)17-8-7-16(25(29)30)10-18(17)31-3/h4-8,10,15H,9,11-12H2,1-3H3,(H,23,26)/t15-/m0/s1. The third-order valence-electron chi connectivity index (χ3n) is 5.21. The van der Waals surface area contributed by atoms with Crippen LogP contribution in [0.3, 0.4) is 0 Å². The van der Waals surface area contributed by atoms with Crippen molar-refractivity contribution < 1.29 is 28.8 Å². The highest BCUT2D eigenvalue weighted by molar-refractivity contribution is 6.01. The van der Waals surface area contributed by atoms with Gasteiger partial charge < -0.3 is 19.7 Å². The number of hydrogen-bond donors (Lipinski definition) is 1. The number of benzene rings is 2. The molecular formula is C22H23N3O7. The third kappa shape index (κ3) is 4.85. The summed E-state index contributed by atoms with van der Waals surface area (Å²) in [6, 6.07) is 9.48. The molecule has 1 atom stereocenters. The number of carbonyl (C=O) groups excluding carboxylic acids is 3. The number of non-ortho nitro benzene ring substituents is 1. The van der Waals surface area contributed by atoms with Crippen LogP contribution in [0.15, 0.2) is 36.4 Å². The number of nitro benzene ring substituents is 1. The van der Waals surface area contributed by atoms with Crippen LogP contribution in [-0.4, -0.2) is 43.0 Å². The first-order chi connectivity index (χ1) is 15.2. The number of esters is 1. The summed E-state index contributed by atoms with van der Waals surface area (Å²) in [5.41, 5.74) is 2.59. The van der Waals surface area contributed by atoms with Crippen molar-refractivity contribution in [3.63, 3.8) is 0 Å². The second-order valence-electron chi connectivity index (χ2n) is 7.44. The lowest BCUT2D eigenvalue weighted by atomic mass is 10.1. The number of para-hydroxylation sites is 1. The quantitative estimate of drug-likeness (QED) is 0.397. The van der Waals surface area contributed by atoms with Gasteiger partial charge in [0.1, 0.15) is 5.75 Å². The Hall–Kier alpha value is -3.95. The second-order valence-corrected chi connectivity index (χ2v) is 7.44. The third-order valence-corrected chi connectivity index (χ3v) is 5.21. The molecule has 0 aliphatic carbocycles. The molecule has 0 saturated carbocycles. The van der Waals surface area contributed by atoms with E-state index in [2.05, 4.69) is 5.32 Å². The molecule has 0 unspecified atom stereocenters. The smallest absolute Gasteiger partial charge is 0.311 e. The van der Waals surface area contributed by atoms with E-state index in [0.29, 0.717) is 11.4 Å². The molecule has 1 aliphatic rings. The van der Waals surface area contributed by atoms with Gasteiger partial charge in [-0.2, -0.15) is 0 Å². The van der Waals surface area contributed by atoms with Crippen molar-refractivity contribution in [2.24, 2.45) is 5.92 Å². The van der Waals surface area contributed by atoms with Crippen LogP contribution in [0.2, 0.25) is 0 Å². The van der Waals surface area contributed by atoms with E-state index < -0.39 is 29.3 Å². The fraction of sp³-hybridized carbons (Fsp3) is 0.318. The summed E-state index contributed by atoms with van der Waals surface area (Å²) in [7, 11) is 1.34. The molecule has 0 aromatic heterocycles. The number of anilines is 2. The summed E-state index contributed by atoms with van der Waals surface area (Å²) in [6.45, 7) is 3.27. The van der Waals surface area contributed by atoms with Gasteiger partial charge >= 0.3 is 5.97 Å². The molecule has 2 amide bonds. The van der Waals surface area contributed by atoms with Gasteiger partial charge in [-0.15, -0.1) is 0 Å². The van der Waals surface area contributed by atoms with Crippen LogP contribution >= 0.6 is 0 Å². The van der Waals surface area contributed by atoms with Gasteiger partial charge in [-0.1, -0.05) is 18.2 Å². The molecule has 32 heavy (non-hydrogen) atoms. The van der Waals surface area contributed by atoms with E-state index in [0.717, 1.165) is 11.1 Å². The van der Waals surface area contributed by atoms with Crippen LogP contribution in [0.25, 0.3) is 0 Å². The summed E-state index contributed by atoms with van der Waals surface area (Å²) >= 11 is 0. The van der Waals surface area contributed by atoms with Gasteiger partial charge in [-0.3, -0.25) is 24.5 Å². The summed E-state index contributed by atoms with van der Waals surface area (Å²) in [5, 5.41) is 13.7. The Morgan fingerprint density at radius 3 is 2.53 bits per heavy atom. The highest BCUT2D eigenvalue weighted by atomic mass is 16.6. The number of amides is 2. The second kappa shape index (κ2) is 9.46. The van der Waals surface area contributed by atoms with E-state index in [1.54, 1.807) is 0 Å². The molecule has 1 N–H and O–H groups in total. The van der Waals surface area contributed by atoms with Gasteiger partial charge in [0.15, 0.2) is 6.61 Å². The van der Waals surface area contributed by atoms with Crippen molar-refractivity contribution in [1.29, 1.82) is 0 Å². The predicted octanol–water partition coefficient (Wildman–Crippen LogP) is 2.76. The van der Waals surface area contributed by atoms with Crippen LogP contribution in [0.4, 0.5) is 17.1 Å². The van der Waals surface area contributed by atoms with Crippen LogP contribution in [0.5, 0.6) is 5.75 Å². The zero-order chi connectivity index (χ0) is 23.4. The first kappa shape index (κ1) is 22.7. The van der Waals surface area contributed by atoms with E-state index in [4.69, 9.17) is 9.47 Å². The van der Waals surface area contributed by atoms with Gasteiger partial charge in [0, 0.05) is 24.7 Å². The Labute approximate surface area is 184 Å². The van der Waals surface area contributed by atoms with E-state index in [-0.39, 0.29) is 30.3 Å². The lowest BCUT2D eigenvalue weighted by molar-refractivity contribution is -0.384. The number of aryl methyl sites for hydroxylation is 2. The highest BCUT2D eigenvalue weighted by Gasteiger charge is 2.37. The monoisotopic (exact) mass is 441 g/mol. The van der Waals surface area contributed by atoms with E-state index >= 15 is 0 Å². The van der Waals surface area contributed by atoms with Gasteiger partial charge in [0.25, 0.3) is 11.6 Å². The average Bonchev–Trinajstić information content (AvgIpc) is 3.15. The van der Waals surface area contributed by atoms with E-state index in [1.807, 2.05) is 32.0 Å². The van der Waals surface area contributed by atoms with Crippen molar-refractivity contribution in [2.45, 2.75) is 20.3 Å². The topological polar surface area (TPSA) is 128 Å². The molecule has 2 aromatic carbocycles. The summed E-state index contributed by atoms with van der Waals surface area (Å²) in [4.78, 5) is 48.9. The van der Waals surface area contributed by atoms with Crippen molar-refractivity contribution in [1.82, 2.24) is 0 Å². The Morgan fingerprint density at radius 2 is 1.91 bits per heavy atom. The average molecular weight is 441 g/mol. The Balaban J connectivity index is 1.62. The van der Waals surface area contributed by atoms with Gasteiger partial charge in [0.05, 0.1) is 29.7 Å². The molecule has 10 nitrogen and oxygen atoms in total. The molecule has 1 aliphatic heterocycles. The Bertz CT molecular complexity index is 1060. The molecular weight excluding hydrogens is 418 g/mol. The highest BCUT2D eigenvalue weighted by Crippen LogP contribution is 2.36. The van der Waals surface area contributed by atoms with Crippen molar-refractivity contribution in [2.75, 3.05) is 30.5 Å². The normalized spacial score (nSPS) is 15.4. The van der Waals surface area contributed by atoms with Crippen molar-refractivity contribution >= 4 is 34.8 Å². The molecule has 0 bridgehead atoms. The number of nitro groups is 1. The summed E-state index contributed by atoms with van der Waals surface area (Å²) in [5.74, 6) is -2.11. The van der Waals surface area contributed by atoms with Gasteiger partial charge in [-0.05, 0) is 31.0 Å². The Kier molecular flexibility index (Phi) is 6.72. The number of nitrogens with one attached hydrogen (secondary N) is 1. The molecule has 0 radical (unpaired) electrons. The molecule has 1 saturated heterocycles. The van der Waals surface area contributed by atoms with Gasteiger partial charge in [0.2, 0.25) is 5.91 Å². The summed E-state index contributed by atoms with van der Waals surface area (Å²) in [6.07, 6.45) is -0.0997. The van der Waals surface area contributed by atoms with Crippen molar-refractivity contribution in [3.8, 4) is 5.75 Å². The van der Waals surface area contributed by atoms with Crippen LogP contribution < -0.4 is 15.0 Å². The fourth-order valence-corrected chi connectivity index (χ4v) is 3.54. The number of ether oxygens (including phenoxy) is 2. The Morgan fingerprint density at radius 1 is 1.22 bits per heavy atom. The van der Waals surface area contributed by atoms with Crippen molar-refractivity contribution in [3.05, 3.63) is 57.6 Å². The first-order valence-electron chi connectivity index (χ1n) is 9.86. The van der Waals surface area contributed by atoms with E-state index in [9.17, 15) is 24.5 Å². The lowest BCUT2D eigenvalue weighted by Crippen LogP contribution is -2.28. The maximum absolute atomic E-state index is 12.5. The molecule has 2 aromatic rings. The maximum atomic E-state index is 12.5. The van der Waals surface area contributed by atoms with Gasteiger partial charge in [-0.25, -0.2) is 0 Å². The molecule has 168 valence electrons. The van der Waals surface area contributed by atoms with Crippen LogP contribution in [0.1, 0.15) is 17.5 Å². The predicted molar refractivity (Wildman–Crippen MR) is 116 cm³/mol. The minimum absolute atomic E-state index is 0.0182. The zero-order valence-corrected chi connectivity index (χ0v) is 17.9. The minimum Gasteiger partial charge on any atom is -0.494 e. The largest absolute Gasteiger partial charge is 0.494 e. The van der Waals surface area contributed by atoms with Crippen LogP contribution in [0, 0.1) is 29.9 Å². The number of hydrogen-bond acceptors (Lipinski definition) is 7. The molecule has 3 rings (SSSR count). The number of methoxy groups -OCH3 is 1. The molecule has 0 spiro atoms. The maximum Gasteiger partial charge on any atom is 0.311 e. The van der Waals surface area contributed by atoms with E-state index in [1.165, 1.54) is 30.2 Å². The lowest BCUT2D eigenvalue weighted by Gasteiger charge is -2.19. The zero-order valence-electron chi connectivity index (χ0n) is 17.9. The minimum atomic E-state index is -0.768. The molecule has 1 fully saturated rings. The SMILES string of the molecule is COc1cc([N+](=O)[O-])ccc1N1C[C@@H](C(=O)OCC(=O)Nc2c(C)cccc2C)CC1=O. The molecule has 10 heteroatoms. The first-order valence-corrected chi connectivity index (χ1v) is 9.86. The fourth-order valence-electron chi connectivity index (χ4n) is 3.54. The summed E-state index contributed by atoms with van der Waals surface area (Å²) < 4.78 is 10.3. The molecule has 1 heterocycles. The van der Waals surface area contributed by atoms with Crippen LogP contribution in [-0.2, 0) is 19.1 Å². The number of rotatable bonds is 7. The number of nitrogens with zero attached hydrogens (tertiary/aromatic N) is 2. The number of carbonyl (C=O) groups is 3.